The molecule has 23 heavy (non-hydrogen) atoms. The van der Waals surface area contributed by atoms with Crippen LogP contribution < -0.4 is 4.90 Å². The number of amides is 1. The molecule has 3 aliphatic rings. The van der Waals surface area contributed by atoms with Crippen molar-refractivity contribution in [3.05, 3.63) is 23.4 Å². The summed E-state index contributed by atoms with van der Waals surface area (Å²) >= 11 is 5.96. The molecule has 0 unspecified atom stereocenters. The number of anilines is 1. The van der Waals surface area contributed by atoms with Crippen molar-refractivity contribution in [2.24, 2.45) is 11.3 Å². The summed E-state index contributed by atoms with van der Waals surface area (Å²) in [5, 5.41) is 0.680. The Labute approximate surface area is 142 Å². The van der Waals surface area contributed by atoms with Crippen LogP contribution >= 0.6 is 11.6 Å². The molecule has 2 saturated heterocycles. The smallest absolute Gasteiger partial charge is 0.222 e. The van der Waals surface area contributed by atoms with Gasteiger partial charge in [-0.2, -0.15) is 0 Å². The molecule has 3 fully saturated rings. The molecule has 5 heteroatoms. The molecular weight excluding hydrogens is 310 g/mol. The SMILES string of the molecule is O=C1CC[C@]2(CCCN(c3ccc(Cl)cn3)C2)CN1CC1CC1. The molecule has 1 atom stereocenters. The van der Waals surface area contributed by atoms with Crippen molar-refractivity contribution in [1.82, 2.24) is 9.88 Å². The minimum Gasteiger partial charge on any atom is -0.356 e. The largest absolute Gasteiger partial charge is 0.356 e. The van der Waals surface area contributed by atoms with Crippen LogP contribution in [0.3, 0.4) is 0 Å². The predicted molar refractivity (Wildman–Crippen MR) is 91.7 cm³/mol. The second-order valence-corrected chi connectivity index (χ2v) is 8.01. The number of nitrogens with zero attached hydrogens (tertiary/aromatic N) is 3. The molecule has 0 bridgehead atoms. The summed E-state index contributed by atoms with van der Waals surface area (Å²) in [7, 11) is 0. The van der Waals surface area contributed by atoms with E-state index in [1.165, 1.54) is 25.7 Å². The Morgan fingerprint density at radius 1 is 1.26 bits per heavy atom. The molecule has 1 spiro atoms. The van der Waals surface area contributed by atoms with Gasteiger partial charge in [0.25, 0.3) is 0 Å². The average molecular weight is 334 g/mol. The lowest BCUT2D eigenvalue weighted by atomic mass is 9.73. The number of rotatable bonds is 3. The van der Waals surface area contributed by atoms with Crippen LogP contribution in [-0.2, 0) is 4.79 Å². The van der Waals surface area contributed by atoms with Crippen LogP contribution in [0.25, 0.3) is 0 Å². The number of hydrogen-bond donors (Lipinski definition) is 0. The first kappa shape index (κ1) is 15.3. The van der Waals surface area contributed by atoms with Crippen LogP contribution in [0.1, 0.15) is 38.5 Å². The van der Waals surface area contributed by atoms with Gasteiger partial charge in [-0.3, -0.25) is 4.79 Å². The molecule has 0 radical (unpaired) electrons. The summed E-state index contributed by atoms with van der Waals surface area (Å²) in [5.41, 5.74) is 0.252. The van der Waals surface area contributed by atoms with Crippen molar-refractivity contribution in [3.8, 4) is 0 Å². The zero-order chi connectivity index (χ0) is 15.9. The van der Waals surface area contributed by atoms with Gasteiger partial charge in [-0.25, -0.2) is 4.98 Å². The summed E-state index contributed by atoms with van der Waals surface area (Å²) in [4.78, 5) is 21.3. The molecule has 2 aliphatic heterocycles. The molecule has 3 heterocycles. The van der Waals surface area contributed by atoms with Crippen molar-refractivity contribution in [2.75, 3.05) is 31.1 Å². The van der Waals surface area contributed by atoms with E-state index in [1.54, 1.807) is 6.20 Å². The lowest BCUT2D eigenvalue weighted by Gasteiger charge is -2.48. The minimum absolute atomic E-state index is 0.252. The third-order valence-electron chi connectivity index (χ3n) is 5.62. The first-order chi connectivity index (χ1) is 11.1. The van der Waals surface area contributed by atoms with Crippen LogP contribution in [-0.4, -0.2) is 42.0 Å². The molecular formula is C18H24ClN3O. The Balaban J connectivity index is 1.48. The number of piperidine rings is 2. The van der Waals surface area contributed by atoms with E-state index >= 15 is 0 Å². The highest BCUT2D eigenvalue weighted by Crippen LogP contribution is 2.41. The van der Waals surface area contributed by atoms with E-state index in [0.717, 1.165) is 44.3 Å². The first-order valence-corrected chi connectivity index (χ1v) is 9.16. The van der Waals surface area contributed by atoms with Crippen LogP contribution in [0.5, 0.6) is 0 Å². The summed E-state index contributed by atoms with van der Waals surface area (Å²) in [6.07, 6.45) is 8.48. The molecule has 1 saturated carbocycles. The fourth-order valence-electron chi connectivity index (χ4n) is 4.17. The van der Waals surface area contributed by atoms with E-state index < -0.39 is 0 Å². The molecule has 1 aromatic rings. The van der Waals surface area contributed by atoms with Gasteiger partial charge >= 0.3 is 0 Å². The van der Waals surface area contributed by atoms with E-state index in [4.69, 9.17) is 11.6 Å². The lowest BCUT2D eigenvalue weighted by Crippen LogP contribution is -2.54. The molecule has 124 valence electrons. The van der Waals surface area contributed by atoms with Gasteiger partial charge < -0.3 is 9.80 Å². The number of pyridine rings is 1. The molecule has 4 nitrogen and oxygen atoms in total. The predicted octanol–water partition coefficient (Wildman–Crippen LogP) is 3.35. The van der Waals surface area contributed by atoms with Crippen molar-refractivity contribution >= 4 is 23.3 Å². The Morgan fingerprint density at radius 3 is 2.87 bits per heavy atom. The second-order valence-electron chi connectivity index (χ2n) is 7.58. The standard InChI is InChI=1S/C18H24ClN3O/c19-15-4-5-16(20-10-15)21-9-1-7-18(12-21)8-6-17(23)22(13-18)11-14-2-3-14/h4-5,10,14H,1-3,6-9,11-13H2/t18-/m0/s1. The molecule has 0 aromatic carbocycles. The van der Waals surface area contributed by atoms with Crippen LogP contribution in [0, 0.1) is 11.3 Å². The monoisotopic (exact) mass is 333 g/mol. The van der Waals surface area contributed by atoms with Gasteiger partial charge in [-0.05, 0) is 50.2 Å². The Morgan fingerprint density at radius 2 is 2.13 bits per heavy atom. The Bertz CT molecular complexity index is 586. The van der Waals surface area contributed by atoms with E-state index in [1.807, 2.05) is 12.1 Å². The first-order valence-electron chi connectivity index (χ1n) is 8.78. The molecule has 1 aliphatic carbocycles. The van der Waals surface area contributed by atoms with Gasteiger partial charge in [0.05, 0.1) is 5.02 Å². The highest BCUT2D eigenvalue weighted by molar-refractivity contribution is 6.30. The molecule has 1 amide bonds. The Hall–Kier alpha value is -1.29. The highest BCUT2D eigenvalue weighted by atomic mass is 35.5. The summed E-state index contributed by atoms with van der Waals surface area (Å²) in [5.74, 6) is 2.15. The molecule has 4 rings (SSSR count). The maximum atomic E-state index is 12.3. The summed E-state index contributed by atoms with van der Waals surface area (Å²) < 4.78 is 0. The van der Waals surface area contributed by atoms with Gasteiger partial charge in [0, 0.05) is 44.2 Å². The van der Waals surface area contributed by atoms with Crippen molar-refractivity contribution in [1.29, 1.82) is 0 Å². The summed E-state index contributed by atoms with van der Waals surface area (Å²) in [6, 6.07) is 3.92. The Kier molecular flexibility index (Phi) is 3.96. The average Bonchev–Trinajstić information content (AvgIpc) is 3.36. The third-order valence-corrected chi connectivity index (χ3v) is 5.84. The molecule has 1 aromatic heterocycles. The maximum absolute atomic E-state index is 12.3. The summed E-state index contributed by atoms with van der Waals surface area (Å²) in [6.45, 7) is 3.98. The number of carbonyl (C=O) groups is 1. The van der Waals surface area contributed by atoms with Crippen LogP contribution in [0.15, 0.2) is 18.3 Å². The fraction of sp³-hybridized carbons (Fsp3) is 0.667. The van der Waals surface area contributed by atoms with E-state index in [9.17, 15) is 4.79 Å². The molecule has 0 N–H and O–H groups in total. The quantitative estimate of drug-likeness (QED) is 0.851. The number of carbonyl (C=O) groups excluding carboxylic acids is 1. The van der Waals surface area contributed by atoms with Crippen molar-refractivity contribution < 1.29 is 4.79 Å². The van der Waals surface area contributed by atoms with Crippen molar-refractivity contribution in [3.63, 3.8) is 0 Å². The number of halogens is 1. The number of hydrogen-bond acceptors (Lipinski definition) is 3. The zero-order valence-corrected chi connectivity index (χ0v) is 14.3. The maximum Gasteiger partial charge on any atom is 0.222 e. The normalized spacial score (nSPS) is 28.5. The minimum atomic E-state index is 0.252. The number of likely N-dealkylation sites (tertiary alicyclic amines) is 1. The highest BCUT2D eigenvalue weighted by Gasteiger charge is 2.43. The van der Waals surface area contributed by atoms with Gasteiger partial charge in [-0.15, -0.1) is 0 Å². The second kappa shape index (κ2) is 5.97. The van der Waals surface area contributed by atoms with Gasteiger partial charge in [-0.1, -0.05) is 11.6 Å². The van der Waals surface area contributed by atoms with Gasteiger partial charge in [0.1, 0.15) is 5.82 Å². The van der Waals surface area contributed by atoms with E-state index in [-0.39, 0.29) is 5.41 Å². The van der Waals surface area contributed by atoms with Gasteiger partial charge in [0.2, 0.25) is 5.91 Å². The van der Waals surface area contributed by atoms with Crippen LogP contribution in [0.4, 0.5) is 5.82 Å². The fourth-order valence-corrected chi connectivity index (χ4v) is 4.28. The zero-order valence-electron chi connectivity index (χ0n) is 13.5. The van der Waals surface area contributed by atoms with Crippen molar-refractivity contribution in [2.45, 2.75) is 38.5 Å². The topological polar surface area (TPSA) is 36.4 Å². The van der Waals surface area contributed by atoms with E-state index in [2.05, 4.69) is 14.8 Å². The van der Waals surface area contributed by atoms with Crippen LogP contribution in [0.2, 0.25) is 5.02 Å². The van der Waals surface area contributed by atoms with E-state index in [0.29, 0.717) is 17.4 Å². The number of aromatic nitrogens is 1. The lowest BCUT2D eigenvalue weighted by molar-refractivity contribution is -0.138. The third kappa shape index (κ3) is 3.32. The van der Waals surface area contributed by atoms with Gasteiger partial charge in [0.15, 0.2) is 0 Å².